The lowest BCUT2D eigenvalue weighted by Crippen LogP contribution is -2.50. The molecule has 0 aromatic heterocycles. The highest BCUT2D eigenvalue weighted by Crippen LogP contribution is 2.12. The van der Waals surface area contributed by atoms with E-state index in [2.05, 4.69) is 9.71 Å². The van der Waals surface area contributed by atoms with Gasteiger partial charge >= 0.3 is 5.97 Å². The molecule has 0 aliphatic heterocycles. The van der Waals surface area contributed by atoms with Crippen molar-refractivity contribution in [3.8, 4) is 0 Å². The van der Waals surface area contributed by atoms with Crippen LogP contribution in [0.1, 0.15) is 31.7 Å². The van der Waals surface area contributed by atoms with Crippen LogP contribution in [0.4, 0.5) is 5.69 Å². The first kappa shape index (κ1) is 29.3. The molecule has 1 amide bonds. The number of nitrogens with zero attached hydrogens (tertiary/aromatic N) is 2. The molecule has 192 valence electrons. The van der Waals surface area contributed by atoms with Crippen molar-refractivity contribution in [3.05, 3.63) is 29.8 Å². The van der Waals surface area contributed by atoms with Crippen molar-refractivity contribution in [2.24, 2.45) is 16.5 Å². The fraction of sp³-hybridized carbons (Fsp3) is 0.571. The number of aryl methyl sites for hydroxylation is 1. The van der Waals surface area contributed by atoms with Crippen LogP contribution in [-0.4, -0.2) is 76.7 Å². The largest absolute Gasteiger partial charge is 0.466 e. The molecule has 1 rings (SSSR count). The quantitative estimate of drug-likeness (QED) is 0.0819. The topological polar surface area (TPSA) is 176 Å². The van der Waals surface area contributed by atoms with Crippen LogP contribution in [0.5, 0.6) is 0 Å². The maximum Gasteiger partial charge on any atom is 0.315 e. The van der Waals surface area contributed by atoms with E-state index < -0.39 is 45.9 Å². The van der Waals surface area contributed by atoms with Gasteiger partial charge in [-0.2, -0.15) is 8.42 Å². The van der Waals surface area contributed by atoms with E-state index in [1.807, 2.05) is 6.92 Å². The van der Waals surface area contributed by atoms with Gasteiger partial charge in [-0.05, 0) is 38.8 Å². The Morgan fingerprint density at radius 1 is 1.18 bits per heavy atom. The minimum absolute atomic E-state index is 0.00728. The fourth-order valence-corrected chi connectivity index (χ4v) is 3.64. The van der Waals surface area contributed by atoms with Gasteiger partial charge in [-0.15, -0.1) is 0 Å². The molecule has 0 bridgehead atoms. The van der Waals surface area contributed by atoms with Crippen molar-refractivity contribution in [1.29, 1.82) is 0 Å². The van der Waals surface area contributed by atoms with Crippen LogP contribution in [0.15, 0.2) is 29.3 Å². The van der Waals surface area contributed by atoms with Crippen molar-refractivity contribution in [2.45, 2.75) is 45.6 Å². The van der Waals surface area contributed by atoms with E-state index in [4.69, 9.17) is 25.7 Å². The first-order valence-electron chi connectivity index (χ1n) is 10.7. The van der Waals surface area contributed by atoms with Crippen LogP contribution >= 0.6 is 0 Å². The predicted molar refractivity (Wildman–Crippen MR) is 128 cm³/mol. The van der Waals surface area contributed by atoms with Gasteiger partial charge in [0.05, 0.1) is 19.3 Å². The lowest BCUT2D eigenvalue weighted by Gasteiger charge is -2.31. The van der Waals surface area contributed by atoms with Crippen molar-refractivity contribution >= 4 is 32.8 Å². The molecule has 0 saturated heterocycles. The molecular formula is C21H35N5O7S. The summed E-state index contributed by atoms with van der Waals surface area (Å²) in [6, 6.07) is 6.77. The second-order valence-corrected chi connectivity index (χ2v) is 8.96. The maximum atomic E-state index is 12.6. The number of methoxy groups -OCH3 is 2. The van der Waals surface area contributed by atoms with Crippen LogP contribution in [0, 0.1) is 6.92 Å². The van der Waals surface area contributed by atoms with Crippen LogP contribution in [-0.2, 0) is 33.8 Å². The Bertz CT molecular complexity index is 918. The Balaban J connectivity index is 2.72. The minimum atomic E-state index is -4.00. The third-order valence-electron chi connectivity index (χ3n) is 4.70. The number of hydrogen-bond acceptors (Lipinski definition) is 9. The Morgan fingerprint density at radius 3 is 2.35 bits per heavy atom. The number of hydrogen-bond donors (Lipinski definition) is 3. The lowest BCUT2D eigenvalue weighted by molar-refractivity contribution is -0.156. The number of carbonyl (C=O) groups excluding carboxylic acids is 2. The number of sulfonamides is 1. The average Bonchev–Trinajstić information content (AvgIpc) is 2.78. The Kier molecular flexibility index (Phi) is 12.5. The van der Waals surface area contributed by atoms with Gasteiger partial charge in [-0.3, -0.25) is 19.3 Å². The van der Waals surface area contributed by atoms with Gasteiger partial charge < -0.3 is 30.6 Å². The summed E-state index contributed by atoms with van der Waals surface area (Å²) >= 11 is 0. The fourth-order valence-electron chi connectivity index (χ4n) is 2.82. The number of amides is 1. The maximum absolute atomic E-state index is 12.6. The molecular weight excluding hydrogens is 466 g/mol. The standard InChI is InChI=1S/C21H35N5O7S/c1-5-33-19(28)13-18(27)26(14-20(31-3)32-4)17(22)7-6-12-24-21(23)34(29,30)25-16-10-8-15(2)9-11-16/h8-11,17,20,25H,5-7,12-14,22H2,1-4H3,(H2,23,24)/t17-/m0/s1. The average molecular weight is 502 g/mol. The molecule has 0 spiro atoms. The summed E-state index contributed by atoms with van der Waals surface area (Å²) in [6.07, 6.45) is -1.43. The Labute approximate surface area is 200 Å². The summed E-state index contributed by atoms with van der Waals surface area (Å²) in [5, 5.41) is -0.560. The van der Waals surface area contributed by atoms with Crippen LogP contribution in [0.3, 0.4) is 0 Å². The molecule has 5 N–H and O–H groups in total. The third kappa shape index (κ3) is 10.0. The Hall–Kier alpha value is -2.74. The molecule has 0 unspecified atom stereocenters. The number of nitrogens with one attached hydrogen (secondary N) is 1. The van der Waals surface area contributed by atoms with Crippen LogP contribution in [0.25, 0.3) is 0 Å². The second kappa shape index (κ2) is 14.5. The number of ether oxygens (including phenoxy) is 3. The number of amidine groups is 1. The highest BCUT2D eigenvalue weighted by Gasteiger charge is 2.26. The number of nitrogens with two attached hydrogens (primary N) is 2. The lowest BCUT2D eigenvalue weighted by atomic mass is 10.2. The van der Waals surface area contributed by atoms with E-state index in [1.54, 1.807) is 31.2 Å². The number of rotatable bonds is 14. The van der Waals surface area contributed by atoms with Gasteiger partial charge in [0.15, 0.2) is 6.29 Å². The first-order chi connectivity index (χ1) is 16.0. The molecule has 1 aromatic carbocycles. The number of carbonyl (C=O) groups is 2. The molecule has 13 heteroatoms. The summed E-state index contributed by atoms with van der Waals surface area (Å²) < 4.78 is 42.1. The summed E-state index contributed by atoms with van der Waals surface area (Å²) in [5.41, 5.74) is 13.2. The predicted octanol–water partition coefficient (Wildman–Crippen LogP) is 0.517. The summed E-state index contributed by atoms with van der Waals surface area (Å²) in [4.78, 5) is 29.5. The van der Waals surface area contributed by atoms with Crippen molar-refractivity contribution in [2.75, 3.05) is 38.6 Å². The number of anilines is 1. The van der Waals surface area contributed by atoms with Gasteiger partial charge in [0.25, 0.3) is 10.0 Å². The zero-order chi connectivity index (χ0) is 25.7. The molecule has 0 radical (unpaired) electrons. The molecule has 12 nitrogen and oxygen atoms in total. The number of benzene rings is 1. The molecule has 1 atom stereocenters. The van der Waals surface area contributed by atoms with Crippen LogP contribution < -0.4 is 16.2 Å². The molecule has 0 saturated carbocycles. The van der Waals surface area contributed by atoms with Gasteiger partial charge in [-0.25, -0.2) is 0 Å². The molecule has 34 heavy (non-hydrogen) atoms. The summed E-state index contributed by atoms with van der Waals surface area (Å²) in [5.74, 6) is -1.21. The Morgan fingerprint density at radius 2 is 1.79 bits per heavy atom. The third-order valence-corrected chi connectivity index (χ3v) is 5.88. The molecule has 1 aromatic rings. The monoisotopic (exact) mass is 501 g/mol. The van der Waals surface area contributed by atoms with E-state index >= 15 is 0 Å². The second-order valence-electron chi connectivity index (χ2n) is 7.33. The van der Waals surface area contributed by atoms with E-state index in [9.17, 15) is 18.0 Å². The van der Waals surface area contributed by atoms with Crippen LogP contribution in [0.2, 0.25) is 0 Å². The molecule has 0 fully saturated rings. The highest BCUT2D eigenvalue weighted by atomic mass is 32.2. The van der Waals surface area contributed by atoms with Crippen molar-refractivity contribution < 1.29 is 32.2 Å². The zero-order valence-corrected chi connectivity index (χ0v) is 20.8. The van der Waals surface area contributed by atoms with Gasteiger partial charge in [0.2, 0.25) is 11.1 Å². The van der Waals surface area contributed by atoms with E-state index in [0.29, 0.717) is 12.1 Å². The smallest absolute Gasteiger partial charge is 0.315 e. The summed E-state index contributed by atoms with van der Waals surface area (Å²) in [6.45, 7) is 3.73. The zero-order valence-electron chi connectivity index (χ0n) is 20.0. The van der Waals surface area contributed by atoms with E-state index in [-0.39, 0.29) is 26.1 Å². The normalized spacial score (nSPS) is 12.9. The van der Waals surface area contributed by atoms with Gasteiger partial charge in [0, 0.05) is 26.5 Å². The number of aliphatic imine (C=N–C) groups is 1. The van der Waals surface area contributed by atoms with Crippen molar-refractivity contribution in [3.63, 3.8) is 0 Å². The van der Waals surface area contributed by atoms with Gasteiger partial charge in [0.1, 0.15) is 6.42 Å². The highest BCUT2D eigenvalue weighted by molar-refractivity contribution is 8.07. The first-order valence-corrected chi connectivity index (χ1v) is 12.2. The number of esters is 1. The van der Waals surface area contributed by atoms with Gasteiger partial charge in [-0.1, -0.05) is 17.7 Å². The van der Waals surface area contributed by atoms with E-state index in [1.165, 1.54) is 19.1 Å². The van der Waals surface area contributed by atoms with Crippen molar-refractivity contribution in [1.82, 2.24) is 4.90 Å². The molecule has 0 heterocycles. The SMILES string of the molecule is CCOC(=O)CC(=O)N(CC(OC)OC)[C@H](N)CCCN=C(N)S(=O)(=O)Nc1ccc(C)cc1. The molecule has 0 aliphatic rings. The minimum Gasteiger partial charge on any atom is -0.466 e. The van der Waals surface area contributed by atoms with E-state index in [0.717, 1.165) is 5.56 Å². The summed E-state index contributed by atoms with van der Waals surface area (Å²) in [7, 11) is -1.17. The molecule has 0 aliphatic carbocycles.